The molecule has 5 atom stereocenters. The molecule has 4 N–H and O–H groups in total. The Kier molecular flexibility index (Phi) is 4.90. The molecule has 1 aliphatic heterocycles. The van der Waals surface area contributed by atoms with Gasteiger partial charge in [0.1, 0.15) is 24.4 Å². The number of nitrogens with one attached hydrogen (secondary N) is 1. The Hall–Kier alpha value is -0.550. The third kappa shape index (κ3) is 3.14. The molecule has 0 amide bonds. The highest BCUT2D eigenvalue weighted by atomic mass is 35.5. The molecule has 1 saturated heterocycles. The number of ether oxygens (including phenoxy) is 2. The Bertz CT molecular complexity index is 420. The minimum atomic E-state index is -1.24. The Morgan fingerprint density at radius 2 is 2.21 bits per heavy atom. The largest absolute Gasteiger partial charge is 0.394 e. The summed E-state index contributed by atoms with van der Waals surface area (Å²) in [4.78, 5) is 3.88. The minimum absolute atomic E-state index is 0.0847. The van der Waals surface area contributed by atoms with Gasteiger partial charge < -0.3 is 30.1 Å². The van der Waals surface area contributed by atoms with E-state index in [1.165, 1.54) is 7.11 Å². The van der Waals surface area contributed by atoms with Gasteiger partial charge in [-0.05, 0) is 11.6 Å². The van der Waals surface area contributed by atoms with E-state index in [0.717, 1.165) is 11.5 Å². The van der Waals surface area contributed by atoms with Crippen LogP contribution in [0.25, 0.3) is 0 Å². The molecule has 0 radical (unpaired) electrons. The van der Waals surface area contributed by atoms with Gasteiger partial charge in [0.2, 0.25) is 10.4 Å². The normalized spacial score (nSPS) is 35.3. The second kappa shape index (κ2) is 6.27. The van der Waals surface area contributed by atoms with E-state index >= 15 is 0 Å². The van der Waals surface area contributed by atoms with Crippen LogP contribution in [0.1, 0.15) is 0 Å². The standard InChI is InChI=1S/C9H14ClN3O5S/c1-17-7-4(11-9-12-8(10)13-19-9)6(16)5(15)3(2-14)18-7/h3-7,14-16H,2H2,1H3,(H,11,12,13)/t3-,4-,5+,6-,7-/m1/s1. The van der Waals surface area contributed by atoms with Crippen LogP contribution in [0.4, 0.5) is 5.13 Å². The number of halogens is 1. The Balaban J connectivity index is 2.12. The van der Waals surface area contributed by atoms with Gasteiger partial charge in [-0.2, -0.15) is 9.36 Å². The number of hydrogen-bond acceptors (Lipinski definition) is 9. The van der Waals surface area contributed by atoms with Gasteiger partial charge in [0, 0.05) is 18.6 Å². The number of anilines is 1. The smallest absolute Gasteiger partial charge is 0.236 e. The Morgan fingerprint density at radius 3 is 2.74 bits per heavy atom. The molecule has 0 unspecified atom stereocenters. The summed E-state index contributed by atoms with van der Waals surface area (Å²) in [6, 6.07) is -0.758. The SMILES string of the molecule is CO[C@@H]1O[C@H](CO)[C@H](O)[C@H](O)[C@H]1Nc1nc(Cl)ns1. The molecule has 108 valence electrons. The molecular weight excluding hydrogens is 298 g/mol. The first kappa shape index (κ1) is 14.9. The molecule has 0 saturated carbocycles. The second-order valence-electron chi connectivity index (χ2n) is 3.98. The number of rotatable bonds is 4. The van der Waals surface area contributed by atoms with Gasteiger partial charge >= 0.3 is 0 Å². The maximum Gasteiger partial charge on any atom is 0.236 e. The lowest BCUT2D eigenvalue weighted by Crippen LogP contribution is -2.61. The Labute approximate surface area is 118 Å². The number of aliphatic hydroxyl groups is 3. The number of hydrogen-bond donors (Lipinski definition) is 4. The summed E-state index contributed by atoms with van der Waals surface area (Å²) < 4.78 is 14.2. The molecule has 19 heavy (non-hydrogen) atoms. The van der Waals surface area contributed by atoms with Gasteiger partial charge in [0.25, 0.3) is 0 Å². The first-order valence-electron chi connectivity index (χ1n) is 5.47. The Morgan fingerprint density at radius 1 is 1.47 bits per heavy atom. The van der Waals surface area contributed by atoms with E-state index in [4.69, 9.17) is 26.2 Å². The third-order valence-electron chi connectivity index (χ3n) is 2.80. The molecule has 2 heterocycles. The van der Waals surface area contributed by atoms with Crippen molar-refractivity contribution in [1.82, 2.24) is 9.36 Å². The molecule has 0 spiro atoms. The van der Waals surface area contributed by atoms with Crippen molar-refractivity contribution in [1.29, 1.82) is 0 Å². The van der Waals surface area contributed by atoms with Gasteiger partial charge in [-0.1, -0.05) is 0 Å². The van der Waals surface area contributed by atoms with Crippen molar-refractivity contribution >= 4 is 28.3 Å². The van der Waals surface area contributed by atoms with Crippen molar-refractivity contribution in [2.75, 3.05) is 19.0 Å². The van der Waals surface area contributed by atoms with Crippen LogP contribution in [0.15, 0.2) is 0 Å². The fourth-order valence-corrected chi connectivity index (χ4v) is 2.60. The molecule has 8 nitrogen and oxygen atoms in total. The van der Waals surface area contributed by atoms with E-state index in [-0.39, 0.29) is 5.28 Å². The number of aliphatic hydroxyl groups excluding tert-OH is 3. The van der Waals surface area contributed by atoms with Crippen LogP contribution in [0.5, 0.6) is 0 Å². The molecule has 0 aromatic carbocycles. The molecule has 10 heteroatoms. The summed E-state index contributed by atoms with van der Waals surface area (Å²) >= 11 is 6.61. The molecule has 1 aliphatic rings. The lowest BCUT2D eigenvalue weighted by Gasteiger charge is -2.41. The van der Waals surface area contributed by atoms with Crippen LogP contribution in [0, 0.1) is 0 Å². The van der Waals surface area contributed by atoms with E-state index < -0.39 is 37.3 Å². The zero-order valence-corrected chi connectivity index (χ0v) is 11.5. The van der Waals surface area contributed by atoms with Gasteiger partial charge in [0.15, 0.2) is 6.29 Å². The predicted molar refractivity (Wildman–Crippen MR) is 67.1 cm³/mol. The van der Waals surface area contributed by atoms with Crippen LogP contribution in [-0.4, -0.2) is 69.0 Å². The average molecular weight is 312 g/mol. The van der Waals surface area contributed by atoms with E-state index in [0.29, 0.717) is 5.13 Å². The lowest BCUT2D eigenvalue weighted by atomic mass is 9.97. The van der Waals surface area contributed by atoms with Crippen LogP contribution in [0.2, 0.25) is 5.28 Å². The number of nitrogens with zero attached hydrogens (tertiary/aromatic N) is 2. The van der Waals surface area contributed by atoms with Crippen molar-refractivity contribution in [3.63, 3.8) is 0 Å². The summed E-state index contributed by atoms with van der Waals surface area (Å²) in [6.45, 7) is -0.421. The van der Waals surface area contributed by atoms with E-state index in [9.17, 15) is 10.2 Å². The highest BCUT2D eigenvalue weighted by Gasteiger charge is 2.44. The molecule has 1 fully saturated rings. The van der Waals surface area contributed by atoms with Crippen molar-refractivity contribution in [2.45, 2.75) is 30.6 Å². The molecule has 0 bridgehead atoms. The number of aromatic nitrogens is 2. The topological polar surface area (TPSA) is 117 Å². The summed E-state index contributed by atoms with van der Waals surface area (Å²) in [5.41, 5.74) is 0. The summed E-state index contributed by atoms with van der Waals surface area (Å²) in [6.07, 6.45) is -4.19. The monoisotopic (exact) mass is 311 g/mol. The number of methoxy groups -OCH3 is 1. The van der Waals surface area contributed by atoms with Crippen molar-refractivity contribution in [3.05, 3.63) is 5.28 Å². The zero-order valence-electron chi connectivity index (χ0n) is 9.93. The molecular formula is C9H14ClN3O5S. The first-order valence-corrected chi connectivity index (χ1v) is 6.63. The fourth-order valence-electron chi connectivity index (χ4n) is 1.84. The lowest BCUT2D eigenvalue weighted by molar-refractivity contribution is -0.254. The van der Waals surface area contributed by atoms with Gasteiger partial charge in [-0.15, -0.1) is 0 Å². The van der Waals surface area contributed by atoms with Gasteiger partial charge in [-0.25, -0.2) is 0 Å². The molecule has 2 rings (SSSR count). The van der Waals surface area contributed by atoms with Gasteiger partial charge in [0.05, 0.1) is 6.61 Å². The molecule has 1 aromatic rings. The van der Waals surface area contributed by atoms with E-state index in [2.05, 4.69) is 14.7 Å². The minimum Gasteiger partial charge on any atom is -0.394 e. The summed E-state index contributed by atoms with van der Waals surface area (Å²) in [5.74, 6) is 0. The second-order valence-corrected chi connectivity index (χ2v) is 5.07. The highest BCUT2D eigenvalue weighted by Crippen LogP contribution is 2.25. The summed E-state index contributed by atoms with van der Waals surface area (Å²) in [7, 11) is 1.39. The maximum atomic E-state index is 10.0. The maximum absolute atomic E-state index is 10.0. The van der Waals surface area contributed by atoms with Crippen molar-refractivity contribution in [3.8, 4) is 0 Å². The predicted octanol–water partition coefficient (Wildman–Crippen LogP) is -0.943. The van der Waals surface area contributed by atoms with Crippen LogP contribution in [-0.2, 0) is 9.47 Å². The first-order chi connectivity index (χ1) is 9.06. The highest BCUT2D eigenvalue weighted by molar-refractivity contribution is 7.09. The summed E-state index contributed by atoms with van der Waals surface area (Å²) in [5, 5.41) is 32.2. The van der Waals surface area contributed by atoms with Gasteiger partial charge in [-0.3, -0.25) is 0 Å². The van der Waals surface area contributed by atoms with E-state index in [1.807, 2.05) is 0 Å². The molecule has 0 aliphatic carbocycles. The van der Waals surface area contributed by atoms with Crippen molar-refractivity contribution in [2.24, 2.45) is 0 Å². The van der Waals surface area contributed by atoms with Crippen LogP contribution < -0.4 is 5.32 Å². The van der Waals surface area contributed by atoms with Crippen LogP contribution in [0.3, 0.4) is 0 Å². The van der Waals surface area contributed by atoms with Crippen LogP contribution >= 0.6 is 23.1 Å². The molecule has 1 aromatic heterocycles. The fraction of sp³-hybridized carbons (Fsp3) is 0.778. The average Bonchev–Trinajstić information content (AvgIpc) is 2.81. The third-order valence-corrected chi connectivity index (χ3v) is 3.72. The quantitative estimate of drug-likeness (QED) is 0.563. The van der Waals surface area contributed by atoms with Crippen molar-refractivity contribution < 1.29 is 24.8 Å². The zero-order chi connectivity index (χ0) is 14.0. The van der Waals surface area contributed by atoms with E-state index in [1.54, 1.807) is 0 Å².